The van der Waals surface area contributed by atoms with Crippen LogP contribution in [0.2, 0.25) is 10.0 Å². The topological polar surface area (TPSA) is 20.3 Å². The van der Waals surface area contributed by atoms with Gasteiger partial charge < -0.3 is 4.90 Å². The maximum atomic E-state index is 12.3. The van der Waals surface area contributed by atoms with E-state index in [2.05, 4.69) is 0 Å². The van der Waals surface area contributed by atoms with Crippen LogP contribution in [0.15, 0.2) is 48.5 Å². The number of anilines is 1. The SMILES string of the molecule is CCN(CC(=O)c1ccc(Cl)cc1)c1cccc(Cl)c1. The van der Waals surface area contributed by atoms with E-state index in [4.69, 9.17) is 23.2 Å². The average Bonchev–Trinajstić information content (AvgIpc) is 2.45. The number of benzene rings is 2. The molecule has 0 amide bonds. The first-order chi connectivity index (χ1) is 9.60. The van der Waals surface area contributed by atoms with Crippen molar-refractivity contribution >= 4 is 34.7 Å². The molecule has 0 spiro atoms. The molecule has 0 saturated carbocycles. The number of nitrogens with zero attached hydrogens (tertiary/aromatic N) is 1. The molecule has 4 heteroatoms. The molecule has 0 aliphatic rings. The highest BCUT2D eigenvalue weighted by molar-refractivity contribution is 6.31. The fraction of sp³-hybridized carbons (Fsp3) is 0.188. The summed E-state index contributed by atoms with van der Waals surface area (Å²) in [5, 5.41) is 1.30. The minimum absolute atomic E-state index is 0.0588. The third-order valence-electron chi connectivity index (χ3n) is 3.06. The number of halogens is 2. The van der Waals surface area contributed by atoms with E-state index in [1.807, 2.05) is 36.1 Å². The predicted molar refractivity (Wildman–Crippen MR) is 85.1 cm³/mol. The van der Waals surface area contributed by atoms with Gasteiger partial charge in [0.1, 0.15) is 0 Å². The second-order valence-electron chi connectivity index (χ2n) is 4.42. The molecule has 0 aliphatic carbocycles. The van der Waals surface area contributed by atoms with Crippen LogP contribution >= 0.6 is 23.2 Å². The van der Waals surface area contributed by atoms with Crippen LogP contribution < -0.4 is 4.90 Å². The zero-order valence-corrected chi connectivity index (χ0v) is 12.7. The quantitative estimate of drug-likeness (QED) is 0.746. The molecule has 2 rings (SSSR count). The number of hydrogen-bond donors (Lipinski definition) is 0. The molecule has 0 atom stereocenters. The number of rotatable bonds is 5. The second-order valence-corrected chi connectivity index (χ2v) is 5.30. The maximum absolute atomic E-state index is 12.3. The van der Waals surface area contributed by atoms with Crippen molar-refractivity contribution in [1.82, 2.24) is 0 Å². The summed E-state index contributed by atoms with van der Waals surface area (Å²) in [6.45, 7) is 3.06. The molecular weight excluding hydrogens is 293 g/mol. The molecule has 104 valence electrons. The van der Waals surface area contributed by atoms with Crippen LogP contribution in [0.25, 0.3) is 0 Å². The van der Waals surface area contributed by atoms with Crippen molar-refractivity contribution in [3.63, 3.8) is 0 Å². The largest absolute Gasteiger partial charge is 0.364 e. The summed E-state index contributed by atoms with van der Waals surface area (Å²) in [4.78, 5) is 14.3. The summed E-state index contributed by atoms with van der Waals surface area (Å²) in [6.07, 6.45) is 0. The van der Waals surface area contributed by atoms with Gasteiger partial charge in [0.25, 0.3) is 0 Å². The Bertz CT molecular complexity index is 596. The van der Waals surface area contributed by atoms with Crippen LogP contribution in [-0.2, 0) is 0 Å². The van der Waals surface area contributed by atoms with E-state index in [1.165, 1.54) is 0 Å². The predicted octanol–water partition coefficient (Wildman–Crippen LogP) is 4.70. The third-order valence-corrected chi connectivity index (χ3v) is 3.54. The van der Waals surface area contributed by atoms with Crippen molar-refractivity contribution in [1.29, 1.82) is 0 Å². The molecule has 0 bridgehead atoms. The molecule has 2 nitrogen and oxygen atoms in total. The highest BCUT2D eigenvalue weighted by atomic mass is 35.5. The molecule has 0 radical (unpaired) electrons. The number of carbonyl (C=O) groups excluding carboxylic acids is 1. The summed E-state index contributed by atoms with van der Waals surface area (Å²) >= 11 is 11.8. The maximum Gasteiger partial charge on any atom is 0.182 e. The molecule has 0 fully saturated rings. The van der Waals surface area contributed by atoms with E-state index < -0.39 is 0 Å². The first-order valence-electron chi connectivity index (χ1n) is 6.39. The van der Waals surface area contributed by atoms with Crippen molar-refractivity contribution in [2.75, 3.05) is 18.0 Å². The summed E-state index contributed by atoms with van der Waals surface area (Å²) < 4.78 is 0. The van der Waals surface area contributed by atoms with Crippen LogP contribution in [-0.4, -0.2) is 18.9 Å². The Morgan fingerprint density at radius 3 is 2.35 bits per heavy atom. The molecule has 0 unspecified atom stereocenters. The first kappa shape index (κ1) is 14.9. The average molecular weight is 308 g/mol. The zero-order chi connectivity index (χ0) is 14.5. The molecule has 0 saturated heterocycles. The third kappa shape index (κ3) is 3.75. The van der Waals surface area contributed by atoms with Crippen molar-refractivity contribution in [3.05, 3.63) is 64.1 Å². The van der Waals surface area contributed by atoms with Gasteiger partial charge in [-0.05, 0) is 49.4 Å². The van der Waals surface area contributed by atoms with Gasteiger partial charge in [0.2, 0.25) is 0 Å². The van der Waals surface area contributed by atoms with E-state index in [1.54, 1.807) is 24.3 Å². The van der Waals surface area contributed by atoms with Crippen molar-refractivity contribution in [2.24, 2.45) is 0 Å². The Morgan fingerprint density at radius 2 is 1.75 bits per heavy atom. The van der Waals surface area contributed by atoms with Crippen molar-refractivity contribution < 1.29 is 4.79 Å². The van der Waals surface area contributed by atoms with Crippen molar-refractivity contribution in [2.45, 2.75) is 6.92 Å². The van der Waals surface area contributed by atoms with Gasteiger partial charge in [-0.15, -0.1) is 0 Å². The lowest BCUT2D eigenvalue weighted by Gasteiger charge is -2.22. The number of likely N-dealkylation sites (N-methyl/N-ethyl adjacent to an activating group) is 1. The Morgan fingerprint density at radius 1 is 1.05 bits per heavy atom. The molecule has 0 heterocycles. The van der Waals surface area contributed by atoms with Gasteiger partial charge in [-0.2, -0.15) is 0 Å². The van der Waals surface area contributed by atoms with E-state index in [0.717, 1.165) is 12.2 Å². The van der Waals surface area contributed by atoms with Crippen LogP contribution in [0.5, 0.6) is 0 Å². The lowest BCUT2D eigenvalue weighted by atomic mass is 10.1. The van der Waals surface area contributed by atoms with Crippen LogP contribution in [0.1, 0.15) is 17.3 Å². The number of Topliss-reactive ketones (excluding diaryl/α,β-unsaturated/α-hetero) is 1. The van der Waals surface area contributed by atoms with E-state index >= 15 is 0 Å². The van der Waals surface area contributed by atoms with Gasteiger partial charge in [-0.1, -0.05) is 29.3 Å². The number of hydrogen-bond acceptors (Lipinski definition) is 2. The smallest absolute Gasteiger partial charge is 0.182 e. The van der Waals surface area contributed by atoms with Crippen molar-refractivity contribution in [3.8, 4) is 0 Å². The van der Waals surface area contributed by atoms with E-state index in [-0.39, 0.29) is 5.78 Å². The lowest BCUT2D eigenvalue weighted by Crippen LogP contribution is -2.29. The van der Waals surface area contributed by atoms with E-state index in [0.29, 0.717) is 22.2 Å². The van der Waals surface area contributed by atoms with E-state index in [9.17, 15) is 4.79 Å². The highest BCUT2D eigenvalue weighted by Gasteiger charge is 2.12. The standard InChI is InChI=1S/C16H15Cl2NO/c1-2-19(15-5-3-4-14(18)10-15)11-16(20)12-6-8-13(17)9-7-12/h3-10H,2,11H2,1H3. The molecule has 2 aromatic carbocycles. The normalized spacial score (nSPS) is 10.3. The van der Waals surface area contributed by atoms with Gasteiger partial charge in [0.05, 0.1) is 6.54 Å². The van der Waals surface area contributed by atoms with Gasteiger partial charge >= 0.3 is 0 Å². The number of carbonyl (C=O) groups is 1. The zero-order valence-electron chi connectivity index (χ0n) is 11.1. The summed E-state index contributed by atoms with van der Waals surface area (Å²) in [5.74, 6) is 0.0588. The minimum atomic E-state index is 0.0588. The number of ketones is 1. The fourth-order valence-electron chi connectivity index (χ4n) is 1.96. The van der Waals surface area contributed by atoms with Gasteiger partial charge in [-0.25, -0.2) is 0 Å². The van der Waals surface area contributed by atoms with Gasteiger partial charge in [-0.3, -0.25) is 4.79 Å². The summed E-state index contributed by atoms with van der Waals surface area (Å²) in [7, 11) is 0. The molecule has 0 aliphatic heterocycles. The Hall–Kier alpha value is -1.51. The summed E-state index contributed by atoms with van der Waals surface area (Å²) in [5.41, 5.74) is 1.61. The monoisotopic (exact) mass is 307 g/mol. The molecular formula is C16H15Cl2NO. The minimum Gasteiger partial charge on any atom is -0.364 e. The second kappa shape index (κ2) is 6.78. The highest BCUT2D eigenvalue weighted by Crippen LogP contribution is 2.20. The first-order valence-corrected chi connectivity index (χ1v) is 7.15. The molecule has 0 N–H and O–H groups in total. The summed E-state index contributed by atoms with van der Waals surface area (Å²) in [6, 6.07) is 14.5. The lowest BCUT2D eigenvalue weighted by molar-refractivity contribution is 0.0999. The Labute approximate surface area is 128 Å². The molecule has 2 aromatic rings. The van der Waals surface area contributed by atoms with Crippen LogP contribution in [0.4, 0.5) is 5.69 Å². The van der Waals surface area contributed by atoms with Crippen LogP contribution in [0.3, 0.4) is 0 Å². The fourth-order valence-corrected chi connectivity index (χ4v) is 2.27. The Kier molecular flexibility index (Phi) is 5.05. The Balaban J connectivity index is 2.14. The van der Waals surface area contributed by atoms with Gasteiger partial charge in [0.15, 0.2) is 5.78 Å². The molecule has 0 aromatic heterocycles. The molecule has 20 heavy (non-hydrogen) atoms. The van der Waals surface area contributed by atoms with Crippen LogP contribution in [0, 0.1) is 0 Å². The van der Waals surface area contributed by atoms with Gasteiger partial charge in [0, 0.05) is 27.8 Å².